The van der Waals surface area contributed by atoms with Crippen LogP contribution in [0, 0.1) is 5.92 Å². The standard InChI is InChI=1S/C24H29NO6/c1-16(2)14-31-24(27)25-12-11-18-13-20(9-10-21(18)22(25)23(26)29-4)30-15-17-5-7-19(28-3)8-6-17/h5-10,13,16,22H,11-12,14-15H2,1-4H3. The highest BCUT2D eigenvalue weighted by molar-refractivity contribution is 5.84. The number of carbonyl (C=O) groups excluding carboxylic acids is 2. The maximum atomic E-state index is 12.6. The number of methoxy groups -OCH3 is 2. The van der Waals surface area contributed by atoms with Crippen LogP contribution in [0.4, 0.5) is 4.79 Å². The van der Waals surface area contributed by atoms with Crippen LogP contribution in [0.5, 0.6) is 11.5 Å². The lowest BCUT2D eigenvalue weighted by atomic mass is 9.92. The number of carbonyl (C=O) groups is 2. The maximum Gasteiger partial charge on any atom is 0.410 e. The fourth-order valence-electron chi connectivity index (χ4n) is 3.46. The average molecular weight is 427 g/mol. The quantitative estimate of drug-likeness (QED) is 0.619. The maximum absolute atomic E-state index is 12.6. The highest BCUT2D eigenvalue weighted by Crippen LogP contribution is 2.34. The van der Waals surface area contributed by atoms with Crippen molar-refractivity contribution in [2.24, 2.45) is 5.92 Å². The molecule has 0 saturated heterocycles. The fourth-order valence-corrected chi connectivity index (χ4v) is 3.46. The molecule has 1 amide bonds. The Bertz CT molecular complexity index is 909. The van der Waals surface area contributed by atoms with Gasteiger partial charge in [-0.25, -0.2) is 9.59 Å². The van der Waals surface area contributed by atoms with Crippen molar-refractivity contribution in [2.75, 3.05) is 27.4 Å². The fraction of sp³-hybridized carbons (Fsp3) is 0.417. The van der Waals surface area contributed by atoms with E-state index in [9.17, 15) is 9.59 Å². The first-order valence-electron chi connectivity index (χ1n) is 10.3. The predicted octanol–water partition coefficient (Wildman–Crippen LogP) is 4.14. The summed E-state index contributed by atoms with van der Waals surface area (Å²) >= 11 is 0. The summed E-state index contributed by atoms with van der Waals surface area (Å²) < 4.78 is 21.4. The molecule has 31 heavy (non-hydrogen) atoms. The summed E-state index contributed by atoms with van der Waals surface area (Å²) in [5, 5.41) is 0. The first-order chi connectivity index (χ1) is 14.9. The molecule has 166 valence electrons. The van der Waals surface area contributed by atoms with Crippen molar-refractivity contribution < 1.29 is 28.5 Å². The van der Waals surface area contributed by atoms with Crippen molar-refractivity contribution in [3.8, 4) is 11.5 Å². The monoisotopic (exact) mass is 427 g/mol. The van der Waals surface area contributed by atoms with E-state index >= 15 is 0 Å². The number of amides is 1. The number of rotatable bonds is 7. The zero-order valence-corrected chi connectivity index (χ0v) is 18.4. The molecule has 0 N–H and O–H groups in total. The minimum Gasteiger partial charge on any atom is -0.497 e. The van der Waals surface area contributed by atoms with Gasteiger partial charge in [0.1, 0.15) is 18.1 Å². The Hall–Kier alpha value is -3.22. The normalized spacial score (nSPS) is 15.3. The van der Waals surface area contributed by atoms with Gasteiger partial charge in [0.15, 0.2) is 6.04 Å². The van der Waals surface area contributed by atoms with Crippen molar-refractivity contribution in [3.05, 3.63) is 59.2 Å². The summed E-state index contributed by atoms with van der Waals surface area (Å²) in [6, 6.07) is 12.4. The summed E-state index contributed by atoms with van der Waals surface area (Å²) in [5.41, 5.74) is 2.71. The first-order valence-corrected chi connectivity index (χ1v) is 10.3. The molecular weight excluding hydrogens is 398 g/mol. The van der Waals surface area contributed by atoms with E-state index in [0.29, 0.717) is 31.9 Å². The molecule has 3 rings (SSSR count). The van der Waals surface area contributed by atoms with Crippen LogP contribution in [0.25, 0.3) is 0 Å². The second-order valence-electron chi connectivity index (χ2n) is 7.84. The van der Waals surface area contributed by atoms with Crippen LogP contribution < -0.4 is 9.47 Å². The van der Waals surface area contributed by atoms with E-state index in [0.717, 1.165) is 22.4 Å². The molecule has 1 atom stereocenters. The minimum atomic E-state index is -0.830. The Morgan fingerprint density at radius 1 is 1.06 bits per heavy atom. The van der Waals surface area contributed by atoms with Gasteiger partial charge in [0.2, 0.25) is 0 Å². The van der Waals surface area contributed by atoms with E-state index in [4.69, 9.17) is 18.9 Å². The number of nitrogens with zero attached hydrogens (tertiary/aromatic N) is 1. The Balaban J connectivity index is 1.75. The highest BCUT2D eigenvalue weighted by atomic mass is 16.6. The zero-order valence-electron chi connectivity index (χ0n) is 18.4. The van der Waals surface area contributed by atoms with Gasteiger partial charge in [0.05, 0.1) is 20.8 Å². The predicted molar refractivity (Wildman–Crippen MR) is 115 cm³/mol. The van der Waals surface area contributed by atoms with E-state index in [1.807, 2.05) is 50.2 Å². The lowest BCUT2D eigenvalue weighted by molar-refractivity contribution is -0.147. The van der Waals surface area contributed by atoms with Crippen LogP contribution >= 0.6 is 0 Å². The Morgan fingerprint density at radius 3 is 2.42 bits per heavy atom. The largest absolute Gasteiger partial charge is 0.497 e. The number of benzene rings is 2. The van der Waals surface area contributed by atoms with Crippen molar-refractivity contribution in [1.29, 1.82) is 0 Å². The van der Waals surface area contributed by atoms with Crippen molar-refractivity contribution in [3.63, 3.8) is 0 Å². The molecule has 1 aliphatic rings. The molecule has 0 spiro atoms. The topological polar surface area (TPSA) is 74.3 Å². The third kappa shape index (κ3) is 5.48. The van der Waals surface area contributed by atoms with E-state index in [-0.39, 0.29) is 5.92 Å². The summed E-state index contributed by atoms with van der Waals surface area (Å²) in [5.74, 6) is 1.22. The first kappa shape index (κ1) is 22.5. The van der Waals surface area contributed by atoms with Gasteiger partial charge in [-0.15, -0.1) is 0 Å². The SMILES string of the molecule is COC(=O)C1c2ccc(OCc3ccc(OC)cc3)cc2CCN1C(=O)OCC(C)C. The van der Waals surface area contributed by atoms with Crippen LogP contribution in [0.2, 0.25) is 0 Å². The molecule has 0 bridgehead atoms. The molecule has 0 saturated carbocycles. The van der Waals surface area contributed by atoms with Crippen LogP contribution in [0.1, 0.15) is 36.6 Å². The second kappa shape index (κ2) is 10.2. The van der Waals surface area contributed by atoms with Crippen molar-refractivity contribution >= 4 is 12.1 Å². The van der Waals surface area contributed by atoms with Gasteiger partial charge in [0, 0.05) is 6.54 Å². The molecule has 7 heteroatoms. The molecule has 1 heterocycles. The molecule has 1 aliphatic heterocycles. The molecule has 1 unspecified atom stereocenters. The van der Waals surface area contributed by atoms with Crippen LogP contribution in [0.15, 0.2) is 42.5 Å². The van der Waals surface area contributed by atoms with Crippen LogP contribution in [0.3, 0.4) is 0 Å². The van der Waals surface area contributed by atoms with E-state index in [1.54, 1.807) is 13.2 Å². The number of hydrogen-bond donors (Lipinski definition) is 0. The minimum absolute atomic E-state index is 0.211. The summed E-state index contributed by atoms with van der Waals surface area (Å²) in [7, 11) is 2.95. The highest BCUT2D eigenvalue weighted by Gasteiger charge is 2.37. The third-order valence-corrected chi connectivity index (χ3v) is 5.11. The molecule has 0 aliphatic carbocycles. The van der Waals surface area contributed by atoms with Crippen molar-refractivity contribution in [1.82, 2.24) is 4.90 Å². The molecule has 7 nitrogen and oxygen atoms in total. The van der Waals surface area contributed by atoms with Gasteiger partial charge in [-0.1, -0.05) is 32.0 Å². The Morgan fingerprint density at radius 2 is 1.77 bits per heavy atom. The second-order valence-corrected chi connectivity index (χ2v) is 7.84. The zero-order chi connectivity index (χ0) is 22.4. The number of esters is 1. The summed E-state index contributed by atoms with van der Waals surface area (Å²) in [6.45, 7) is 5.00. The Kier molecular flexibility index (Phi) is 7.39. The molecule has 2 aromatic carbocycles. The van der Waals surface area contributed by atoms with Gasteiger partial charge in [-0.2, -0.15) is 0 Å². The lowest BCUT2D eigenvalue weighted by Crippen LogP contribution is -2.44. The summed E-state index contributed by atoms with van der Waals surface area (Å²) in [6.07, 6.45) is 0.0916. The van der Waals surface area contributed by atoms with E-state index in [1.165, 1.54) is 12.0 Å². The molecule has 2 aromatic rings. The Labute approximate surface area is 182 Å². The molecule has 0 fully saturated rings. The molecule has 0 aromatic heterocycles. The smallest absolute Gasteiger partial charge is 0.410 e. The third-order valence-electron chi connectivity index (χ3n) is 5.11. The average Bonchev–Trinajstić information content (AvgIpc) is 2.80. The lowest BCUT2D eigenvalue weighted by Gasteiger charge is -2.35. The van der Waals surface area contributed by atoms with Gasteiger partial charge in [0.25, 0.3) is 0 Å². The van der Waals surface area contributed by atoms with Gasteiger partial charge in [-0.05, 0) is 53.3 Å². The van der Waals surface area contributed by atoms with Gasteiger partial charge < -0.3 is 18.9 Å². The number of hydrogen-bond acceptors (Lipinski definition) is 6. The van der Waals surface area contributed by atoms with Gasteiger partial charge >= 0.3 is 12.1 Å². The van der Waals surface area contributed by atoms with Crippen molar-refractivity contribution in [2.45, 2.75) is 32.9 Å². The van der Waals surface area contributed by atoms with E-state index in [2.05, 4.69) is 0 Å². The van der Waals surface area contributed by atoms with Gasteiger partial charge in [-0.3, -0.25) is 4.90 Å². The molecule has 0 radical (unpaired) electrons. The van der Waals surface area contributed by atoms with E-state index < -0.39 is 18.1 Å². The summed E-state index contributed by atoms with van der Waals surface area (Å²) in [4.78, 5) is 26.5. The number of fused-ring (bicyclic) bond motifs is 1. The van der Waals surface area contributed by atoms with Crippen LogP contribution in [-0.4, -0.2) is 44.3 Å². The number of ether oxygens (including phenoxy) is 4. The van der Waals surface area contributed by atoms with Crippen LogP contribution in [-0.2, 0) is 27.3 Å². The molecular formula is C24H29NO6.